The van der Waals surface area contributed by atoms with Crippen molar-refractivity contribution in [3.8, 4) is 0 Å². The number of benzene rings is 2. The summed E-state index contributed by atoms with van der Waals surface area (Å²) in [6.45, 7) is 2.67. The number of carbonyl (C=O) groups excluding carboxylic acids is 1. The molecule has 2 aromatic carbocycles. The Bertz CT molecular complexity index is 916. The Kier molecular flexibility index (Phi) is 6.35. The van der Waals surface area contributed by atoms with E-state index in [0.717, 1.165) is 17.7 Å². The van der Waals surface area contributed by atoms with Gasteiger partial charge in [0.05, 0.1) is 11.5 Å². The van der Waals surface area contributed by atoms with Crippen LogP contribution in [-0.2, 0) is 19.6 Å². The summed E-state index contributed by atoms with van der Waals surface area (Å²) in [5, 5.41) is 1.98. The van der Waals surface area contributed by atoms with Crippen molar-refractivity contribution in [2.45, 2.75) is 30.6 Å². The monoisotopic (exact) mass is 416 g/mol. The third-order valence-electron chi connectivity index (χ3n) is 3.73. The molecule has 10 heteroatoms. The number of esters is 1. The molecule has 2 rings (SSSR count). The second-order valence-electron chi connectivity index (χ2n) is 5.88. The summed E-state index contributed by atoms with van der Waals surface area (Å²) in [7, 11) is -4.73. The normalized spacial score (nSPS) is 14.2. The van der Waals surface area contributed by atoms with Gasteiger partial charge >= 0.3 is 12.1 Å². The van der Waals surface area contributed by atoms with Gasteiger partial charge in [-0.15, -0.1) is 0 Å². The Balaban J connectivity index is 2.58. The molecule has 0 heterocycles. The largest absolute Gasteiger partial charge is 0.463 e. The number of ether oxygens (including phenoxy) is 1. The Morgan fingerprint density at radius 2 is 1.61 bits per heavy atom. The number of sulfonamides is 1. The lowest BCUT2D eigenvalue weighted by Gasteiger charge is -2.35. The summed E-state index contributed by atoms with van der Waals surface area (Å²) in [5.41, 5.74) is -3.07. The Hall–Kier alpha value is -2.59. The highest BCUT2D eigenvalue weighted by molar-refractivity contribution is 7.89. The van der Waals surface area contributed by atoms with Crippen molar-refractivity contribution in [3.05, 3.63) is 60.2 Å². The molecule has 0 amide bonds. The molecule has 0 aliphatic rings. The third-order valence-corrected chi connectivity index (χ3v) is 5.20. The molecule has 0 aromatic heterocycles. The molecule has 2 aromatic rings. The fraction of sp³-hybridized carbons (Fsp3) is 0.278. The molecule has 0 aliphatic heterocycles. The Morgan fingerprint density at radius 3 is 2.11 bits per heavy atom. The maximum absolute atomic E-state index is 14.1. The molecule has 6 nitrogen and oxygen atoms in total. The first-order valence-corrected chi connectivity index (χ1v) is 9.68. The zero-order valence-corrected chi connectivity index (χ0v) is 15.9. The standard InChI is InChI=1S/C18H19F3N2O4S/c1-3-27-16(24)17(18(19,20)21,22-14-11-9-13(2)10-12-14)23-28(25,26)15-7-5-4-6-8-15/h4-12,22-23H,3H2,1-2H3/t17-/m0/s1. The van der Waals surface area contributed by atoms with Gasteiger partial charge in [-0.05, 0) is 38.1 Å². The molecule has 0 saturated carbocycles. The number of hydrogen-bond donors (Lipinski definition) is 2. The van der Waals surface area contributed by atoms with Crippen LogP contribution < -0.4 is 10.0 Å². The topological polar surface area (TPSA) is 84.5 Å². The van der Waals surface area contributed by atoms with E-state index in [1.807, 2.05) is 5.32 Å². The maximum atomic E-state index is 14.1. The number of alkyl halides is 3. The molecule has 28 heavy (non-hydrogen) atoms. The Morgan fingerprint density at radius 1 is 1.04 bits per heavy atom. The van der Waals surface area contributed by atoms with Crippen LogP contribution in [0.4, 0.5) is 18.9 Å². The first kappa shape index (κ1) is 21.7. The number of hydrogen-bond acceptors (Lipinski definition) is 5. The van der Waals surface area contributed by atoms with Gasteiger partial charge in [0, 0.05) is 5.69 Å². The van der Waals surface area contributed by atoms with E-state index in [4.69, 9.17) is 0 Å². The van der Waals surface area contributed by atoms with Crippen molar-refractivity contribution in [3.63, 3.8) is 0 Å². The summed E-state index contributed by atoms with van der Waals surface area (Å²) >= 11 is 0. The van der Waals surface area contributed by atoms with Gasteiger partial charge in [-0.2, -0.15) is 17.9 Å². The molecular formula is C18H19F3N2O4S. The van der Waals surface area contributed by atoms with Gasteiger partial charge in [-0.3, -0.25) is 0 Å². The molecule has 0 fully saturated rings. The van der Waals surface area contributed by atoms with Crippen molar-refractivity contribution < 1.29 is 31.1 Å². The molecule has 0 bridgehead atoms. The lowest BCUT2D eigenvalue weighted by atomic mass is 10.1. The fourth-order valence-electron chi connectivity index (χ4n) is 2.32. The molecule has 2 N–H and O–H groups in total. The van der Waals surface area contributed by atoms with Gasteiger partial charge in [-0.25, -0.2) is 13.2 Å². The molecule has 0 radical (unpaired) electrons. The van der Waals surface area contributed by atoms with E-state index in [0.29, 0.717) is 0 Å². The highest BCUT2D eigenvalue weighted by Gasteiger charge is 2.64. The van der Waals surface area contributed by atoms with Crippen molar-refractivity contribution in [1.29, 1.82) is 0 Å². The zero-order valence-electron chi connectivity index (χ0n) is 15.1. The highest BCUT2D eigenvalue weighted by Crippen LogP contribution is 2.34. The van der Waals surface area contributed by atoms with Crippen molar-refractivity contribution in [2.24, 2.45) is 0 Å². The van der Waals surface area contributed by atoms with E-state index in [9.17, 15) is 26.4 Å². The van der Waals surface area contributed by atoms with Gasteiger partial charge in [0.1, 0.15) is 0 Å². The van der Waals surface area contributed by atoms with Crippen LogP contribution in [0, 0.1) is 6.92 Å². The summed E-state index contributed by atoms with van der Waals surface area (Å²) in [5.74, 6) is -1.82. The minimum Gasteiger partial charge on any atom is -0.463 e. The van der Waals surface area contributed by atoms with Gasteiger partial charge in [0.15, 0.2) is 0 Å². The molecule has 0 spiro atoms. The van der Waals surface area contributed by atoms with E-state index < -0.39 is 32.7 Å². The molecule has 1 atom stereocenters. The Labute approximate surface area is 160 Å². The van der Waals surface area contributed by atoms with Crippen LogP contribution in [0.25, 0.3) is 0 Å². The lowest BCUT2D eigenvalue weighted by molar-refractivity contribution is -0.202. The molecule has 152 valence electrons. The second kappa shape index (κ2) is 8.19. The molecule has 0 aliphatic carbocycles. The summed E-state index contributed by atoms with van der Waals surface area (Å²) in [6, 6.07) is 12.1. The summed E-state index contributed by atoms with van der Waals surface area (Å²) in [4.78, 5) is 11.9. The first-order chi connectivity index (χ1) is 13.0. The number of nitrogens with one attached hydrogen (secondary N) is 2. The molecular weight excluding hydrogens is 397 g/mol. The fourth-order valence-corrected chi connectivity index (χ4v) is 3.60. The summed E-state index contributed by atoms with van der Waals surface area (Å²) in [6.07, 6.45) is -5.36. The van der Waals surface area contributed by atoms with E-state index >= 15 is 0 Å². The van der Waals surface area contributed by atoms with E-state index in [1.165, 1.54) is 54.1 Å². The van der Waals surface area contributed by atoms with Gasteiger partial charge in [-0.1, -0.05) is 35.9 Å². The third kappa shape index (κ3) is 4.63. The minimum atomic E-state index is -5.36. The van der Waals surface area contributed by atoms with Crippen molar-refractivity contribution >= 4 is 21.7 Å². The number of rotatable bonds is 7. The average Bonchev–Trinajstić information content (AvgIpc) is 2.63. The van der Waals surface area contributed by atoms with Crippen LogP contribution in [0.3, 0.4) is 0 Å². The molecule has 0 unspecified atom stereocenters. The number of anilines is 1. The predicted molar refractivity (Wildman–Crippen MR) is 97.0 cm³/mol. The van der Waals surface area contributed by atoms with E-state index in [-0.39, 0.29) is 12.3 Å². The van der Waals surface area contributed by atoms with Crippen LogP contribution in [0.2, 0.25) is 0 Å². The predicted octanol–water partition coefficient (Wildman–Crippen LogP) is 3.21. The zero-order chi connectivity index (χ0) is 21.0. The van der Waals surface area contributed by atoms with Gasteiger partial charge in [0.25, 0.3) is 5.66 Å². The number of aryl methyl sites for hydroxylation is 1. The van der Waals surface area contributed by atoms with Gasteiger partial charge < -0.3 is 10.1 Å². The van der Waals surface area contributed by atoms with E-state index in [2.05, 4.69) is 4.74 Å². The molecule has 0 saturated heterocycles. The smallest absolute Gasteiger partial charge is 0.437 e. The summed E-state index contributed by atoms with van der Waals surface area (Å²) < 4.78 is 73.4. The van der Waals surface area contributed by atoms with Crippen LogP contribution in [0.15, 0.2) is 59.5 Å². The lowest BCUT2D eigenvalue weighted by Crippen LogP contribution is -2.69. The van der Waals surface area contributed by atoms with Crippen LogP contribution in [-0.4, -0.2) is 32.8 Å². The number of halogens is 3. The SMILES string of the molecule is CCOC(=O)[C@](Nc1ccc(C)cc1)(NS(=O)(=O)c1ccccc1)C(F)(F)F. The quantitative estimate of drug-likeness (QED) is 0.535. The number of carbonyl (C=O) groups is 1. The van der Waals surface area contributed by atoms with Crippen LogP contribution >= 0.6 is 0 Å². The average molecular weight is 416 g/mol. The van der Waals surface area contributed by atoms with Crippen LogP contribution in [0.1, 0.15) is 12.5 Å². The van der Waals surface area contributed by atoms with Gasteiger partial charge in [0.2, 0.25) is 10.0 Å². The maximum Gasteiger partial charge on any atom is 0.437 e. The second-order valence-corrected chi connectivity index (χ2v) is 7.56. The van der Waals surface area contributed by atoms with Crippen molar-refractivity contribution in [2.75, 3.05) is 11.9 Å². The van der Waals surface area contributed by atoms with Crippen LogP contribution in [0.5, 0.6) is 0 Å². The van der Waals surface area contributed by atoms with E-state index in [1.54, 1.807) is 6.92 Å². The minimum absolute atomic E-state index is 0.119. The van der Waals surface area contributed by atoms with Crippen molar-refractivity contribution in [1.82, 2.24) is 4.72 Å². The highest BCUT2D eigenvalue weighted by atomic mass is 32.2. The first-order valence-electron chi connectivity index (χ1n) is 8.19.